The first kappa shape index (κ1) is 14.8. The van der Waals surface area contributed by atoms with Crippen LogP contribution in [-0.2, 0) is 0 Å². The van der Waals surface area contributed by atoms with Gasteiger partial charge in [0, 0.05) is 6.54 Å². The van der Waals surface area contributed by atoms with Crippen molar-refractivity contribution in [3.63, 3.8) is 0 Å². The van der Waals surface area contributed by atoms with Gasteiger partial charge in [-0.15, -0.1) is 0 Å². The Balaban J connectivity index is 1.82. The predicted molar refractivity (Wildman–Crippen MR) is 81.3 cm³/mol. The van der Waals surface area contributed by atoms with Crippen LogP contribution < -0.4 is 10.1 Å². The van der Waals surface area contributed by atoms with Crippen molar-refractivity contribution in [3.8, 4) is 11.8 Å². The van der Waals surface area contributed by atoms with Crippen molar-refractivity contribution in [2.24, 2.45) is 0 Å². The number of anilines is 1. The SMILES string of the molecule is COc1ccc(C(C)CCNc2cnc(C#N)cn2)cc1. The molecule has 1 aromatic heterocycles. The molecule has 2 aromatic rings. The van der Waals surface area contributed by atoms with Crippen LogP contribution in [0, 0.1) is 11.3 Å². The van der Waals surface area contributed by atoms with Gasteiger partial charge in [0.25, 0.3) is 0 Å². The molecule has 108 valence electrons. The zero-order valence-electron chi connectivity index (χ0n) is 12.2. The van der Waals surface area contributed by atoms with Crippen LogP contribution in [0.3, 0.4) is 0 Å². The highest BCUT2D eigenvalue weighted by Gasteiger charge is 2.06. The van der Waals surface area contributed by atoms with Crippen LogP contribution in [-0.4, -0.2) is 23.6 Å². The second-order valence-electron chi connectivity index (χ2n) is 4.79. The van der Waals surface area contributed by atoms with E-state index in [1.165, 1.54) is 11.8 Å². The molecule has 1 heterocycles. The lowest BCUT2D eigenvalue weighted by molar-refractivity contribution is 0.414. The number of nitriles is 1. The molecule has 0 fully saturated rings. The molecule has 1 N–H and O–H groups in total. The van der Waals surface area contributed by atoms with Crippen LogP contribution in [0.25, 0.3) is 0 Å². The molecule has 5 heteroatoms. The molecule has 21 heavy (non-hydrogen) atoms. The fraction of sp³-hybridized carbons (Fsp3) is 0.312. The fourth-order valence-electron chi connectivity index (χ4n) is 1.99. The molecule has 0 aliphatic carbocycles. The van der Waals surface area contributed by atoms with Gasteiger partial charge in [-0.05, 0) is 30.0 Å². The molecule has 0 bridgehead atoms. The van der Waals surface area contributed by atoms with Gasteiger partial charge in [0.1, 0.15) is 17.6 Å². The first-order valence-corrected chi connectivity index (χ1v) is 6.83. The smallest absolute Gasteiger partial charge is 0.158 e. The summed E-state index contributed by atoms with van der Waals surface area (Å²) in [5, 5.41) is 11.9. The van der Waals surface area contributed by atoms with Crippen LogP contribution in [0.15, 0.2) is 36.7 Å². The average molecular weight is 282 g/mol. The van der Waals surface area contributed by atoms with E-state index in [0.29, 0.717) is 17.4 Å². The lowest BCUT2D eigenvalue weighted by atomic mass is 9.98. The van der Waals surface area contributed by atoms with E-state index in [9.17, 15) is 0 Å². The maximum atomic E-state index is 8.66. The number of rotatable bonds is 6. The van der Waals surface area contributed by atoms with E-state index in [-0.39, 0.29) is 0 Å². The Morgan fingerprint density at radius 2 is 2.00 bits per heavy atom. The predicted octanol–water partition coefficient (Wildman–Crippen LogP) is 2.96. The van der Waals surface area contributed by atoms with E-state index in [4.69, 9.17) is 10.00 Å². The summed E-state index contributed by atoms with van der Waals surface area (Å²) in [5.74, 6) is 2.00. The topological polar surface area (TPSA) is 70.8 Å². The molecule has 0 radical (unpaired) electrons. The molecular weight excluding hydrogens is 264 g/mol. The molecule has 0 spiro atoms. The number of hydrogen-bond acceptors (Lipinski definition) is 5. The zero-order valence-corrected chi connectivity index (χ0v) is 12.2. The van der Waals surface area contributed by atoms with E-state index in [1.54, 1.807) is 13.3 Å². The Morgan fingerprint density at radius 1 is 1.24 bits per heavy atom. The van der Waals surface area contributed by atoms with Gasteiger partial charge in [-0.3, -0.25) is 0 Å². The molecule has 0 saturated heterocycles. The molecule has 1 aromatic carbocycles. The minimum atomic E-state index is 0.326. The zero-order chi connectivity index (χ0) is 15.1. The second-order valence-corrected chi connectivity index (χ2v) is 4.79. The standard InChI is InChI=1S/C16H18N4O/c1-12(13-3-5-15(21-2)6-4-13)7-8-18-16-11-19-14(9-17)10-20-16/h3-6,10-12H,7-8H2,1-2H3,(H,18,20). The number of nitrogens with one attached hydrogen (secondary N) is 1. The van der Waals surface area contributed by atoms with E-state index in [1.807, 2.05) is 18.2 Å². The third kappa shape index (κ3) is 4.18. The molecule has 1 unspecified atom stereocenters. The summed E-state index contributed by atoms with van der Waals surface area (Å²) in [5.41, 5.74) is 1.61. The summed E-state index contributed by atoms with van der Waals surface area (Å²) < 4.78 is 5.16. The molecule has 0 aliphatic heterocycles. The number of aromatic nitrogens is 2. The van der Waals surface area contributed by atoms with Gasteiger partial charge in [-0.1, -0.05) is 19.1 Å². The number of nitrogens with zero attached hydrogens (tertiary/aromatic N) is 3. The van der Waals surface area contributed by atoms with Crippen molar-refractivity contribution in [1.82, 2.24) is 9.97 Å². The van der Waals surface area contributed by atoms with Crippen LogP contribution in [0.2, 0.25) is 0 Å². The Hall–Kier alpha value is -2.61. The van der Waals surface area contributed by atoms with E-state index >= 15 is 0 Å². The molecule has 0 saturated carbocycles. The van der Waals surface area contributed by atoms with Crippen molar-refractivity contribution in [1.29, 1.82) is 5.26 Å². The Bertz CT molecular complexity index is 602. The Morgan fingerprint density at radius 3 is 2.57 bits per heavy atom. The van der Waals surface area contributed by atoms with Crippen LogP contribution in [0.4, 0.5) is 5.82 Å². The molecule has 0 aliphatic rings. The third-order valence-corrected chi connectivity index (χ3v) is 3.33. The van der Waals surface area contributed by atoms with Gasteiger partial charge in [0.05, 0.1) is 19.5 Å². The summed E-state index contributed by atoms with van der Waals surface area (Å²) in [7, 11) is 1.67. The van der Waals surface area contributed by atoms with Crippen LogP contribution in [0.5, 0.6) is 5.75 Å². The first-order valence-electron chi connectivity index (χ1n) is 6.83. The Labute approximate surface area is 124 Å². The average Bonchev–Trinajstić information content (AvgIpc) is 2.55. The quantitative estimate of drug-likeness (QED) is 0.882. The third-order valence-electron chi connectivity index (χ3n) is 3.33. The lowest BCUT2D eigenvalue weighted by Crippen LogP contribution is -2.07. The molecule has 1 atom stereocenters. The van der Waals surface area contributed by atoms with Crippen LogP contribution in [0.1, 0.15) is 30.5 Å². The lowest BCUT2D eigenvalue weighted by Gasteiger charge is -2.13. The van der Waals surface area contributed by atoms with Crippen molar-refractivity contribution in [2.45, 2.75) is 19.3 Å². The number of ether oxygens (including phenoxy) is 1. The molecule has 5 nitrogen and oxygen atoms in total. The highest BCUT2D eigenvalue weighted by Crippen LogP contribution is 2.21. The number of hydrogen-bond donors (Lipinski definition) is 1. The van der Waals surface area contributed by atoms with Gasteiger partial charge in [-0.2, -0.15) is 5.26 Å². The largest absolute Gasteiger partial charge is 0.497 e. The van der Waals surface area contributed by atoms with Gasteiger partial charge in [0.2, 0.25) is 0 Å². The maximum Gasteiger partial charge on any atom is 0.158 e. The van der Waals surface area contributed by atoms with E-state index in [0.717, 1.165) is 18.7 Å². The summed E-state index contributed by atoms with van der Waals surface area (Å²) >= 11 is 0. The molecule has 2 rings (SSSR count). The van der Waals surface area contributed by atoms with Crippen molar-refractivity contribution >= 4 is 5.82 Å². The Kier molecular flexibility index (Phi) is 5.10. The van der Waals surface area contributed by atoms with Crippen molar-refractivity contribution in [2.75, 3.05) is 19.0 Å². The molecular formula is C16H18N4O. The fourth-order valence-corrected chi connectivity index (χ4v) is 1.99. The molecule has 0 amide bonds. The van der Waals surface area contributed by atoms with E-state index < -0.39 is 0 Å². The second kappa shape index (κ2) is 7.25. The highest BCUT2D eigenvalue weighted by molar-refractivity contribution is 5.33. The summed E-state index contributed by atoms with van der Waals surface area (Å²) in [6, 6.07) is 10.1. The van der Waals surface area contributed by atoms with Gasteiger partial charge in [-0.25, -0.2) is 9.97 Å². The minimum Gasteiger partial charge on any atom is -0.497 e. The first-order chi connectivity index (χ1) is 10.2. The van der Waals surface area contributed by atoms with Crippen LogP contribution >= 0.6 is 0 Å². The van der Waals surface area contributed by atoms with Gasteiger partial charge >= 0.3 is 0 Å². The number of methoxy groups -OCH3 is 1. The normalized spacial score (nSPS) is 11.5. The maximum absolute atomic E-state index is 8.66. The van der Waals surface area contributed by atoms with Gasteiger partial charge in [0.15, 0.2) is 5.69 Å². The van der Waals surface area contributed by atoms with Crippen molar-refractivity contribution in [3.05, 3.63) is 47.9 Å². The summed E-state index contributed by atoms with van der Waals surface area (Å²) in [6.45, 7) is 2.99. The number of benzene rings is 1. The monoisotopic (exact) mass is 282 g/mol. The summed E-state index contributed by atoms with van der Waals surface area (Å²) in [6.07, 6.45) is 4.03. The van der Waals surface area contributed by atoms with Crippen molar-refractivity contribution < 1.29 is 4.74 Å². The van der Waals surface area contributed by atoms with E-state index in [2.05, 4.69) is 34.3 Å². The highest BCUT2D eigenvalue weighted by atomic mass is 16.5. The van der Waals surface area contributed by atoms with Gasteiger partial charge < -0.3 is 10.1 Å². The summed E-state index contributed by atoms with van der Waals surface area (Å²) in [4.78, 5) is 8.10. The minimum absolute atomic E-state index is 0.326.